The Kier molecular flexibility index (Phi) is 4.96. The molecule has 18 heavy (non-hydrogen) atoms. The number of quaternary nitrogens is 1. The Labute approximate surface area is 115 Å². The van der Waals surface area contributed by atoms with Gasteiger partial charge in [0.2, 0.25) is 0 Å². The van der Waals surface area contributed by atoms with Crippen molar-refractivity contribution in [3.8, 4) is 0 Å². The summed E-state index contributed by atoms with van der Waals surface area (Å²) in [6, 6.07) is 10.5. The minimum absolute atomic E-state index is 0.888. The van der Waals surface area contributed by atoms with Crippen molar-refractivity contribution in [2.45, 2.75) is 26.3 Å². The quantitative estimate of drug-likeness (QED) is 0.774. The molecule has 1 aromatic rings. The fraction of sp³-hybridized carbons (Fsp3) is 0.500. The number of hydrogen-bond acceptors (Lipinski definition) is 1. The van der Waals surface area contributed by atoms with E-state index in [1.807, 2.05) is 0 Å². The molecule has 1 atom stereocenters. The molecule has 1 aromatic carbocycles. The van der Waals surface area contributed by atoms with Gasteiger partial charge >= 0.3 is 0 Å². The van der Waals surface area contributed by atoms with E-state index in [1.54, 1.807) is 4.90 Å². The van der Waals surface area contributed by atoms with Gasteiger partial charge in [0, 0.05) is 0 Å². The third-order valence-electron chi connectivity index (χ3n) is 3.29. The highest BCUT2D eigenvalue weighted by Crippen LogP contribution is 2.04. The zero-order valence-electron chi connectivity index (χ0n) is 11.0. The smallest absolute Gasteiger partial charge is 0.177 e. The van der Waals surface area contributed by atoms with E-state index >= 15 is 0 Å². The molecule has 1 saturated heterocycles. The molecule has 0 aliphatic carbocycles. The first-order valence-electron chi connectivity index (χ1n) is 6.70. The summed E-state index contributed by atoms with van der Waals surface area (Å²) >= 11 is 5.39. The lowest BCUT2D eigenvalue weighted by Crippen LogP contribution is -3.17. The molecule has 0 bridgehead atoms. The molecule has 2 N–H and O–H groups in total. The van der Waals surface area contributed by atoms with Crippen LogP contribution in [0.15, 0.2) is 30.3 Å². The minimum Gasteiger partial charge on any atom is -0.316 e. The minimum atomic E-state index is 0.888. The van der Waals surface area contributed by atoms with Crippen molar-refractivity contribution >= 4 is 17.3 Å². The molecule has 0 saturated carbocycles. The fourth-order valence-corrected chi connectivity index (χ4v) is 2.44. The van der Waals surface area contributed by atoms with Crippen molar-refractivity contribution in [2.75, 3.05) is 19.9 Å². The molecule has 1 aliphatic heterocycles. The van der Waals surface area contributed by atoms with Crippen LogP contribution in [0.3, 0.4) is 0 Å². The van der Waals surface area contributed by atoms with Crippen LogP contribution < -0.4 is 10.2 Å². The maximum Gasteiger partial charge on any atom is 0.177 e. The molecule has 0 amide bonds. The van der Waals surface area contributed by atoms with Crippen LogP contribution in [0.5, 0.6) is 0 Å². The van der Waals surface area contributed by atoms with Gasteiger partial charge in [0.1, 0.15) is 0 Å². The second-order valence-electron chi connectivity index (χ2n) is 4.85. The second kappa shape index (κ2) is 6.71. The van der Waals surface area contributed by atoms with Gasteiger partial charge in [0.05, 0.1) is 13.1 Å². The van der Waals surface area contributed by atoms with Crippen LogP contribution in [0.1, 0.15) is 25.3 Å². The van der Waals surface area contributed by atoms with Gasteiger partial charge in [0.15, 0.2) is 18.4 Å². The molecule has 4 heteroatoms. The van der Waals surface area contributed by atoms with E-state index in [9.17, 15) is 0 Å². The molecule has 0 radical (unpaired) electrons. The Morgan fingerprint density at radius 3 is 2.83 bits per heavy atom. The van der Waals surface area contributed by atoms with Gasteiger partial charge < -0.3 is 10.2 Å². The van der Waals surface area contributed by atoms with Gasteiger partial charge in [-0.25, -0.2) is 0 Å². The van der Waals surface area contributed by atoms with Gasteiger partial charge in [-0.1, -0.05) is 43.7 Å². The Bertz CT molecular complexity index is 380. The molecule has 0 aromatic heterocycles. The van der Waals surface area contributed by atoms with Crippen molar-refractivity contribution < 1.29 is 4.90 Å². The standard InChI is InChI=1S/C14H21N3S/c1-2-3-9-16-11-15-14(18)17(12-16)10-13-7-5-4-6-8-13/h4-8H,2-3,9-12H2,1H3,(H,15,18)/p+1. The van der Waals surface area contributed by atoms with E-state index in [1.165, 1.54) is 24.9 Å². The zero-order valence-corrected chi connectivity index (χ0v) is 11.8. The van der Waals surface area contributed by atoms with Crippen molar-refractivity contribution in [3.05, 3.63) is 35.9 Å². The first-order valence-corrected chi connectivity index (χ1v) is 7.10. The molecule has 3 nitrogen and oxygen atoms in total. The predicted octanol–water partition coefficient (Wildman–Crippen LogP) is 0.977. The number of rotatable bonds is 5. The van der Waals surface area contributed by atoms with E-state index in [0.29, 0.717) is 0 Å². The molecular weight excluding hydrogens is 242 g/mol. The summed E-state index contributed by atoms with van der Waals surface area (Å²) in [5.74, 6) is 0. The Morgan fingerprint density at radius 1 is 1.33 bits per heavy atom. The monoisotopic (exact) mass is 264 g/mol. The van der Waals surface area contributed by atoms with E-state index < -0.39 is 0 Å². The average Bonchev–Trinajstić information content (AvgIpc) is 2.41. The number of benzene rings is 1. The van der Waals surface area contributed by atoms with Gasteiger partial charge in [0.25, 0.3) is 0 Å². The highest BCUT2D eigenvalue weighted by Gasteiger charge is 2.22. The average molecular weight is 264 g/mol. The van der Waals surface area contributed by atoms with E-state index in [2.05, 4.69) is 47.5 Å². The highest BCUT2D eigenvalue weighted by molar-refractivity contribution is 7.80. The Balaban J connectivity index is 1.91. The largest absolute Gasteiger partial charge is 0.316 e. The third kappa shape index (κ3) is 3.68. The lowest BCUT2D eigenvalue weighted by atomic mass is 10.2. The molecule has 1 unspecified atom stereocenters. The Hall–Kier alpha value is -1.13. The summed E-state index contributed by atoms with van der Waals surface area (Å²) in [5.41, 5.74) is 1.32. The second-order valence-corrected chi connectivity index (χ2v) is 5.24. The first kappa shape index (κ1) is 13.3. The summed E-state index contributed by atoms with van der Waals surface area (Å²) in [6.45, 7) is 6.34. The molecule has 98 valence electrons. The predicted molar refractivity (Wildman–Crippen MR) is 78.2 cm³/mol. The number of nitrogens with one attached hydrogen (secondary N) is 2. The maximum absolute atomic E-state index is 5.39. The molecule has 2 rings (SSSR count). The van der Waals surface area contributed by atoms with Gasteiger partial charge in [-0.05, 0) is 24.2 Å². The third-order valence-corrected chi connectivity index (χ3v) is 3.69. The SMILES string of the molecule is CCCC[NH+]1CNC(=S)N(Cc2ccccc2)C1. The van der Waals surface area contributed by atoms with Crippen LogP contribution >= 0.6 is 12.2 Å². The van der Waals surface area contributed by atoms with E-state index in [-0.39, 0.29) is 0 Å². The summed E-state index contributed by atoms with van der Waals surface area (Å²) < 4.78 is 0. The fourth-order valence-electron chi connectivity index (χ4n) is 2.24. The summed E-state index contributed by atoms with van der Waals surface area (Å²) in [7, 11) is 0. The number of nitrogens with zero attached hydrogens (tertiary/aromatic N) is 1. The molecule has 1 heterocycles. The van der Waals surface area contributed by atoms with Gasteiger partial charge in [-0.2, -0.15) is 0 Å². The molecule has 1 aliphatic rings. The van der Waals surface area contributed by atoms with Crippen molar-refractivity contribution in [1.82, 2.24) is 10.2 Å². The first-order chi connectivity index (χ1) is 8.79. The van der Waals surface area contributed by atoms with Crippen LogP contribution in [0.2, 0.25) is 0 Å². The summed E-state index contributed by atoms with van der Waals surface area (Å²) in [5, 5.41) is 4.22. The van der Waals surface area contributed by atoms with Crippen molar-refractivity contribution in [2.24, 2.45) is 0 Å². The number of hydrogen-bond donors (Lipinski definition) is 2. The van der Waals surface area contributed by atoms with Crippen LogP contribution in [-0.4, -0.2) is 29.9 Å². The van der Waals surface area contributed by atoms with E-state index in [4.69, 9.17) is 12.2 Å². The normalized spacial score (nSPS) is 19.7. The Morgan fingerprint density at radius 2 is 2.11 bits per heavy atom. The van der Waals surface area contributed by atoms with Gasteiger partial charge in [-0.15, -0.1) is 0 Å². The maximum atomic E-state index is 5.39. The van der Waals surface area contributed by atoms with Crippen molar-refractivity contribution in [3.63, 3.8) is 0 Å². The molecule has 1 fully saturated rings. The highest BCUT2D eigenvalue weighted by atomic mass is 32.1. The molecular formula is C14H22N3S+. The van der Waals surface area contributed by atoms with Crippen LogP contribution in [0.4, 0.5) is 0 Å². The number of unbranched alkanes of at least 4 members (excludes halogenated alkanes) is 1. The lowest BCUT2D eigenvalue weighted by molar-refractivity contribution is -0.914. The lowest BCUT2D eigenvalue weighted by Gasteiger charge is -2.35. The van der Waals surface area contributed by atoms with Crippen LogP contribution in [-0.2, 0) is 6.54 Å². The topological polar surface area (TPSA) is 19.7 Å². The van der Waals surface area contributed by atoms with Crippen molar-refractivity contribution in [1.29, 1.82) is 0 Å². The summed E-state index contributed by atoms with van der Waals surface area (Å²) in [6.07, 6.45) is 2.54. The number of thiocarbonyl (C=S) groups is 1. The summed E-state index contributed by atoms with van der Waals surface area (Å²) in [4.78, 5) is 3.83. The van der Waals surface area contributed by atoms with Gasteiger partial charge in [-0.3, -0.25) is 4.90 Å². The van der Waals surface area contributed by atoms with Crippen LogP contribution in [0, 0.1) is 0 Å². The molecule has 0 spiro atoms. The van der Waals surface area contributed by atoms with E-state index in [0.717, 1.165) is 25.0 Å². The zero-order chi connectivity index (χ0) is 12.8. The van der Waals surface area contributed by atoms with Crippen LogP contribution in [0.25, 0.3) is 0 Å².